The van der Waals surface area contributed by atoms with E-state index in [4.69, 9.17) is 9.72 Å². The zero-order chi connectivity index (χ0) is 25.3. The van der Waals surface area contributed by atoms with Crippen LogP contribution in [0.25, 0.3) is 11.0 Å². The van der Waals surface area contributed by atoms with Gasteiger partial charge < -0.3 is 19.9 Å². The summed E-state index contributed by atoms with van der Waals surface area (Å²) < 4.78 is 7.33. The number of anilines is 3. The van der Waals surface area contributed by atoms with E-state index in [0.29, 0.717) is 24.7 Å². The Morgan fingerprint density at radius 1 is 1.00 bits per heavy atom. The van der Waals surface area contributed by atoms with Crippen LogP contribution in [0.4, 0.5) is 22.1 Å². The van der Waals surface area contributed by atoms with E-state index >= 15 is 0 Å². The molecule has 3 heterocycles. The molecule has 2 aliphatic rings. The van der Waals surface area contributed by atoms with Crippen molar-refractivity contribution < 1.29 is 9.53 Å². The van der Waals surface area contributed by atoms with Gasteiger partial charge >= 0.3 is 6.09 Å². The van der Waals surface area contributed by atoms with Crippen molar-refractivity contribution in [3.05, 3.63) is 52.9 Å². The summed E-state index contributed by atoms with van der Waals surface area (Å²) in [6, 6.07) is 11.7. The number of hydrogen-bond donors (Lipinski definition) is 1. The van der Waals surface area contributed by atoms with Crippen LogP contribution in [0.1, 0.15) is 52.5 Å². The Morgan fingerprint density at radius 3 is 2.36 bits per heavy atom. The minimum atomic E-state index is -0.486. The monoisotopic (exact) mass is 490 g/mol. The molecular formula is C27H34N6O3. The summed E-state index contributed by atoms with van der Waals surface area (Å²) in [5.41, 5.74) is 2.16. The van der Waals surface area contributed by atoms with Crippen LogP contribution in [0.15, 0.2) is 47.4 Å². The second-order valence-corrected chi connectivity index (χ2v) is 10.6. The molecule has 1 amide bonds. The number of rotatable bonds is 4. The SMILES string of the molecule is CC(C)(C)OC(=O)N1CCN(c2ccc(Nc3ncc4ccc(=O)n(C5CCCC5)c4n3)cc2)CC1. The van der Waals surface area contributed by atoms with Gasteiger partial charge in [-0.15, -0.1) is 0 Å². The molecule has 0 radical (unpaired) electrons. The van der Waals surface area contributed by atoms with Crippen LogP contribution in [0.5, 0.6) is 0 Å². The van der Waals surface area contributed by atoms with Crippen molar-refractivity contribution in [1.82, 2.24) is 19.4 Å². The Morgan fingerprint density at radius 2 is 1.69 bits per heavy atom. The Kier molecular flexibility index (Phi) is 6.55. The van der Waals surface area contributed by atoms with Gasteiger partial charge in [0.2, 0.25) is 5.95 Å². The summed E-state index contributed by atoms with van der Waals surface area (Å²) in [5.74, 6) is 0.471. The lowest BCUT2D eigenvalue weighted by atomic mass is 10.2. The summed E-state index contributed by atoms with van der Waals surface area (Å²) in [4.78, 5) is 38.2. The molecule has 1 saturated carbocycles. The molecule has 2 aromatic heterocycles. The van der Waals surface area contributed by atoms with Crippen LogP contribution >= 0.6 is 0 Å². The normalized spacial score (nSPS) is 17.0. The van der Waals surface area contributed by atoms with Gasteiger partial charge in [-0.3, -0.25) is 9.36 Å². The van der Waals surface area contributed by atoms with Crippen molar-refractivity contribution in [2.75, 3.05) is 36.4 Å². The van der Waals surface area contributed by atoms with Gasteiger partial charge in [-0.25, -0.2) is 9.78 Å². The van der Waals surface area contributed by atoms with Crippen LogP contribution in [0.3, 0.4) is 0 Å². The number of benzene rings is 1. The average molecular weight is 491 g/mol. The molecule has 0 atom stereocenters. The number of ether oxygens (including phenoxy) is 1. The molecule has 9 nitrogen and oxygen atoms in total. The van der Waals surface area contributed by atoms with E-state index in [1.807, 2.05) is 37.5 Å². The largest absolute Gasteiger partial charge is 0.444 e. The quantitative estimate of drug-likeness (QED) is 0.566. The Balaban J connectivity index is 1.25. The van der Waals surface area contributed by atoms with Crippen molar-refractivity contribution in [2.45, 2.75) is 58.1 Å². The summed E-state index contributed by atoms with van der Waals surface area (Å²) in [6.07, 6.45) is 5.83. The van der Waals surface area contributed by atoms with Gasteiger partial charge in [0.1, 0.15) is 11.2 Å². The molecule has 5 rings (SSSR count). The maximum absolute atomic E-state index is 12.6. The maximum atomic E-state index is 12.6. The van der Waals surface area contributed by atoms with Crippen molar-refractivity contribution in [2.24, 2.45) is 0 Å². The number of nitrogens with one attached hydrogen (secondary N) is 1. The highest BCUT2D eigenvalue weighted by Gasteiger charge is 2.26. The standard InChI is InChI=1S/C27H34N6O3/c1-27(2,3)36-26(35)32-16-14-31(15-17-32)21-11-9-20(10-12-21)29-25-28-18-19-8-13-23(34)33(24(19)30-25)22-6-4-5-7-22/h8-13,18,22H,4-7,14-17H2,1-3H3,(H,28,29,30). The second kappa shape index (κ2) is 9.79. The second-order valence-electron chi connectivity index (χ2n) is 10.6. The molecule has 190 valence electrons. The number of aromatic nitrogens is 3. The van der Waals surface area contributed by atoms with Crippen molar-refractivity contribution in [1.29, 1.82) is 0 Å². The van der Waals surface area contributed by atoms with Crippen molar-refractivity contribution in [3.63, 3.8) is 0 Å². The summed E-state index contributed by atoms with van der Waals surface area (Å²) in [5, 5.41) is 4.15. The molecule has 0 unspecified atom stereocenters. The summed E-state index contributed by atoms with van der Waals surface area (Å²) in [6.45, 7) is 8.40. The lowest BCUT2D eigenvalue weighted by molar-refractivity contribution is 0.0240. The molecule has 0 spiro atoms. The minimum Gasteiger partial charge on any atom is -0.444 e. The van der Waals surface area contributed by atoms with Gasteiger partial charge in [0.15, 0.2) is 0 Å². The molecule has 1 saturated heterocycles. The number of fused-ring (bicyclic) bond motifs is 1. The van der Waals surface area contributed by atoms with Gasteiger partial charge in [-0.1, -0.05) is 12.8 Å². The van der Waals surface area contributed by atoms with Crippen LogP contribution in [0.2, 0.25) is 0 Å². The molecule has 3 aromatic rings. The number of piperazine rings is 1. The first-order valence-electron chi connectivity index (χ1n) is 12.8. The zero-order valence-electron chi connectivity index (χ0n) is 21.2. The van der Waals surface area contributed by atoms with E-state index in [0.717, 1.165) is 55.5 Å². The highest BCUT2D eigenvalue weighted by Crippen LogP contribution is 2.30. The van der Waals surface area contributed by atoms with Crippen molar-refractivity contribution in [3.8, 4) is 0 Å². The van der Waals surface area contributed by atoms with Gasteiger partial charge in [0, 0.05) is 61.2 Å². The van der Waals surface area contributed by atoms with Gasteiger partial charge in [-0.2, -0.15) is 4.98 Å². The van der Waals surface area contributed by atoms with Crippen LogP contribution in [-0.2, 0) is 4.74 Å². The van der Waals surface area contributed by atoms with Gasteiger partial charge in [0.25, 0.3) is 5.56 Å². The third-order valence-electron chi connectivity index (χ3n) is 6.78. The third-order valence-corrected chi connectivity index (χ3v) is 6.78. The fourth-order valence-electron chi connectivity index (χ4n) is 4.97. The highest BCUT2D eigenvalue weighted by atomic mass is 16.6. The first-order chi connectivity index (χ1) is 17.3. The predicted molar refractivity (Wildman–Crippen MR) is 141 cm³/mol. The smallest absolute Gasteiger partial charge is 0.410 e. The Bertz CT molecular complexity index is 1280. The van der Waals surface area contributed by atoms with Gasteiger partial charge in [-0.05, 0) is 63.9 Å². The molecule has 2 fully saturated rings. The lowest BCUT2D eigenvalue weighted by Gasteiger charge is -2.36. The van der Waals surface area contributed by atoms with Crippen LogP contribution in [-0.4, -0.2) is 57.3 Å². The van der Waals surface area contributed by atoms with Crippen molar-refractivity contribution >= 4 is 34.4 Å². The maximum Gasteiger partial charge on any atom is 0.410 e. The molecule has 9 heteroatoms. The fraction of sp³-hybridized carbons (Fsp3) is 0.481. The van der Waals surface area contributed by atoms with E-state index in [9.17, 15) is 9.59 Å². The van der Waals surface area contributed by atoms with Crippen LogP contribution < -0.4 is 15.8 Å². The number of carbonyl (C=O) groups excluding carboxylic acids is 1. The topological polar surface area (TPSA) is 92.6 Å². The predicted octanol–water partition coefficient (Wildman–Crippen LogP) is 4.71. The van der Waals surface area contributed by atoms with Gasteiger partial charge in [0.05, 0.1) is 0 Å². The number of nitrogens with zero attached hydrogens (tertiary/aromatic N) is 5. The Hall–Kier alpha value is -3.62. The first-order valence-corrected chi connectivity index (χ1v) is 12.8. The van der Waals surface area contributed by atoms with E-state index in [2.05, 4.69) is 27.3 Å². The summed E-state index contributed by atoms with van der Waals surface area (Å²) in [7, 11) is 0. The van der Waals surface area contributed by atoms with E-state index in [-0.39, 0.29) is 17.7 Å². The third kappa shape index (κ3) is 5.29. The van der Waals surface area contributed by atoms with Crippen LogP contribution in [0, 0.1) is 0 Å². The number of carbonyl (C=O) groups is 1. The fourth-order valence-corrected chi connectivity index (χ4v) is 4.97. The molecule has 1 N–H and O–H groups in total. The number of hydrogen-bond acceptors (Lipinski definition) is 7. The van der Waals surface area contributed by atoms with E-state index in [1.54, 1.807) is 23.2 Å². The molecule has 1 aliphatic carbocycles. The molecule has 0 bridgehead atoms. The molecule has 1 aromatic carbocycles. The lowest BCUT2D eigenvalue weighted by Crippen LogP contribution is -2.50. The number of amides is 1. The van der Waals surface area contributed by atoms with E-state index < -0.39 is 5.60 Å². The Labute approximate surface area is 211 Å². The highest BCUT2D eigenvalue weighted by molar-refractivity contribution is 5.76. The summed E-state index contributed by atoms with van der Waals surface area (Å²) >= 11 is 0. The first kappa shape index (κ1) is 24.1. The minimum absolute atomic E-state index is 0.00447. The molecular weight excluding hydrogens is 456 g/mol. The molecule has 1 aliphatic heterocycles. The zero-order valence-corrected chi connectivity index (χ0v) is 21.2. The number of pyridine rings is 1. The molecule has 36 heavy (non-hydrogen) atoms. The average Bonchev–Trinajstić information content (AvgIpc) is 3.38. The van der Waals surface area contributed by atoms with E-state index in [1.165, 1.54) is 0 Å².